The van der Waals surface area contributed by atoms with Gasteiger partial charge in [-0.1, -0.05) is 47.5 Å². The molecule has 0 spiro atoms. The summed E-state index contributed by atoms with van der Waals surface area (Å²) in [7, 11) is 0. The van der Waals surface area contributed by atoms with Crippen LogP contribution in [0.15, 0.2) is 0 Å². The van der Waals surface area contributed by atoms with Crippen molar-refractivity contribution in [3.63, 3.8) is 0 Å². The van der Waals surface area contributed by atoms with Gasteiger partial charge in [-0.15, -0.1) is 0 Å². The van der Waals surface area contributed by atoms with Crippen LogP contribution in [-0.4, -0.2) is 12.6 Å². The van der Waals surface area contributed by atoms with E-state index in [2.05, 4.69) is 39.9 Å². The second kappa shape index (κ2) is 6.05. The minimum Gasteiger partial charge on any atom is -0.315 e. The molecule has 96 valence electrons. The fourth-order valence-corrected chi connectivity index (χ4v) is 2.89. The van der Waals surface area contributed by atoms with Crippen LogP contribution in [0.5, 0.6) is 0 Å². The Morgan fingerprint density at radius 2 is 1.62 bits per heavy atom. The molecule has 0 aliphatic heterocycles. The number of hydrogen-bond donors (Lipinski definition) is 1. The molecule has 0 aromatic heterocycles. The van der Waals surface area contributed by atoms with Crippen molar-refractivity contribution in [2.45, 2.75) is 72.8 Å². The van der Waals surface area contributed by atoms with Gasteiger partial charge >= 0.3 is 0 Å². The summed E-state index contributed by atoms with van der Waals surface area (Å²) in [5.74, 6) is 1.95. The zero-order chi connectivity index (χ0) is 12.2. The molecule has 1 saturated carbocycles. The van der Waals surface area contributed by atoms with E-state index in [0.717, 1.165) is 11.8 Å². The first-order valence-corrected chi connectivity index (χ1v) is 7.13. The Bertz CT molecular complexity index is 182. The summed E-state index contributed by atoms with van der Waals surface area (Å²) in [5, 5.41) is 3.53. The summed E-state index contributed by atoms with van der Waals surface area (Å²) in [5.41, 5.74) is 0.529. The van der Waals surface area contributed by atoms with E-state index in [9.17, 15) is 0 Å². The summed E-state index contributed by atoms with van der Waals surface area (Å²) in [6.07, 6.45) is 7.21. The van der Waals surface area contributed by atoms with Gasteiger partial charge < -0.3 is 5.32 Å². The molecule has 1 nitrogen and oxygen atoms in total. The van der Waals surface area contributed by atoms with E-state index in [1.165, 1.54) is 38.6 Å². The maximum absolute atomic E-state index is 3.53. The van der Waals surface area contributed by atoms with Crippen molar-refractivity contribution in [1.82, 2.24) is 5.32 Å². The lowest BCUT2D eigenvalue weighted by Crippen LogP contribution is -2.29. The Kier molecular flexibility index (Phi) is 5.30. The molecule has 0 amide bonds. The van der Waals surface area contributed by atoms with Gasteiger partial charge in [0.15, 0.2) is 0 Å². The zero-order valence-electron chi connectivity index (χ0n) is 12.0. The molecule has 0 heterocycles. The Balaban J connectivity index is 2.17. The first-order valence-electron chi connectivity index (χ1n) is 7.13. The fourth-order valence-electron chi connectivity index (χ4n) is 2.89. The van der Waals surface area contributed by atoms with Crippen molar-refractivity contribution in [2.75, 3.05) is 6.54 Å². The van der Waals surface area contributed by atoms with Crippen LogP contribution < -0.4 is 5.32 Å². The lowest BCUT2D eigenvalue weighted by Gasteiger charge is -2.37. The van der Waals surface area contributed by atoms with E-state index in [4.69, 9.17) is 0 Å². The number of rotatable bonds is 4. The highest BCUT2D eigenvalue weighted by Gasteiger charge is 2.29. The van der Waals surface area contributed by atoms with Crippen LogP contribution in [0.25, 0.3) is 0 Å². The van der Waals surface area contributed by atoms with Gasteiger partial charge in [0, 0.05) is 6.04 Å². The minimum absolute atomic E-state index is 0.529. The average molecular weight is 225 g/mol. The van der Waals surface area contributed by atoms with Crippen molar-refractivity contribution in [1.29, 1.82) is 0 Å². The van der Waals surface area contributed by atoms with Gasteiger partial charge in [0.05, 0.1) is 0 Å². The normalized spacial score (nSPS) is 27.4. The summed E-state index contributed by atoms with van der Waals surface area (Å²) in [6, 6.07) is 0.644. The third-order valence-corrected chi connectivity index (χ3v) is 4.18. The van der Waals surface area contributed by atoms with Crippen molar-refractivity contribution >= 4 is 0 Å². The molecule has 1 fully saturated rings. The second-order valence-corrected chi connectivity index (χ2v) is 6.98. The smallest absolute Gasteiger partial charge is 0.00103 e. The third-order valence-electron chi connectivity index (χ3n) is 4.18. The standard InChI is InChI=1S/C15H31N/c1-12(2)16-11-10-13-6-8-14(9-7-13)15(3,4)5/h12-14,16H,6-11H2,1-5H3. The van der Waals surface area contributed by atoms with Gasteiger partial charge in [0.25, 0.3) is 0 Å². The molecule has 0 atom stereocenters. The van der Waals surface area contributed by atoms with Gasteiger partial charge in [-0.25, -0.2) is 0 Å². The first-order chi connectivity index (χ1) is 7.39. The lowest BCUT2D eigenvalue weighted by atomic mass is 9.69. The van der Waals surface area contributed by atoms with Crippen molar-refractivity contribution in [2.24, 2.45) is 17.3 Å². The molecule has 1 rings (SSSR count). The predicted molar refractivity (Wildman–Crippen MR) is 72.7 cm³/mol. The Hall–Kier alpha value is -0.0400. The molecule has 1 N–H and O–H groups in total. The van der Waals surface area contributed by atoms with Crippen molar-refractivity contribution < 1.29 is 0 Å². The third kappa shape index (κ3) is 4.86. The summed E-state index contributed by atoms with van der Waals surface area (Å²) in [6.45, 7) is 12.9. The van der Waals surface area contributed by atoms with Gasteiger partial charge in [-0.05, 0) is 43.1 Å². The van der Waals surface area contributed by atoms with Crippen molar-refractivity contribution in [3.8, 4) is 0 Å². The molecule has 0 aromatic carbocycles. The van der Waals surface area contributed by atoms with Crippen molar-refractivity contribution in [3.05, 3.63) is 0 Å². The van der Waals surface area contributed by atoms with Gasteiger partial charge in [-0.2, -0.15) is 0 Å². The van der Waals surface area contributed by atoms with Crippen LogP contribution in [-0.2, 0) is 0 Å². The molecule has 1 aliphatic carbocycles. The van der Waals surface area contributed by atoms with Gasteiger partial charge in [-0.3, -0.25) is 0 Å². The van der Waals surface area contributed by atoms with E-state index in [1.54, 1.807) is 0 Å². The topological polar surface area (TPSA) is 12.0 Å². The zero-order valence-corrected chi connectivity index (χ0v) is 12.0. The quantitative estimate of drug-likeness (QED) is 0.755. The molecule has 0 radical (unpaired) electrons. The predicted octanol–water partition coefficient (Wildman–Crippen LogP) is 4.23. The van der Waals surface area contributed by atoms with E-state index in [0.29, 0.717) is 11.5 Å². The molecule has 1 heteroatoms. The van der Waals surface area contributed by atoms with Crippen LogP contribution in [0.1, 0.15) is 66.7 Å². The average Bonchev–Trinajstić information content (AvgIpc) is 2.16. The van der Waals surface area contributed by atoms with Crippen LogP contribution in [0.4, 0.5) is 0 Å². The summed E-state index contributed by atoms with van der Waals surface area (Å²) < 4.78 is 0. The lowest BCUT2D eigenvalue weighted by molar-refractivity contribution is 0.146. The highest BCUT2D eigenvalue weighted by molar-refractivity contribution is 4.80. The highest BCUT2D eigenvalue weighted by atomic mass is 14.9. The fraction of sp³-hybridized carbons (Fsp3) is 1.00. The molecule has 0 unspecified atom stereocenters. The summed E-state index contributed by atoms with van der Waals surface area (Å²) >= 11 is 0. The summed E-state index contributed by atoms with van der Waals surface area (Å²) in [4.78, 5) is 0. The van der Waals surface area contributed by atoms with E-state index in [1.807, 2.05) is 0 Å². The van der Waals surface area contributed by atoms with Gasteiger partial charge in [0.2, 0.25) is 0 Å². The maximum atomic E-state index is 3.53. The Labute approximate surface area is 102 Å². The second-order valence-electron chi connectivity index (χ2n) is 6.98. The molecular weight excluding hydrogens is 194 g/mol. The monoisotopic (exact) mass is 225 g/mol. The van der Waals surface area contributed by atoms with Crippen LogP contribution in [0, 0.1) is 17.3 Å². The maximum Gasteiger partial charge on any atom is 0.00103 e. The van der Waals surface area contributed by atoms with Gasteiger partial charge in [0.1, 0.15) is 0 Å². The van der Waals surface area contributed by atoms with Crippen LogP contribution in [0.3, 0.4) is 0 Å². The Morgan fingerprint density at radius 3 is 2.06 bits per heavy atom. The SMILES string of the molecule is CC(C)NCCC1CCC(C(C)(C)C)CC1. The largest absolute Gasteiger partial charge is 0.315 e. The minimum atomic E-state index is 0.529. The molecule has 0 saturated heterocycles. The van der Waals surface area contributed by atoms with Crippen LogP contribution >= 0.6 is 0 Å². The number of nitrogens with one attached hydrogen (secondary N) is 1. The van der Waals surface area contributed by atoms with E-state index in [-0.39, 0.29) is 0 Å². The van der Waals surface area contributed by atoms with Crippen LogP contribution in [0.2, 0.25) is 0 Å². The molecule has 16 heavy (non-hydrogen) atoms. The highest BCUT2D eigenvalue weighted by Crippen LogP contribution is 2.40. The molecule has 1 aliphatic rings. The molecular formula is C15H31N. The van der Waals surface area contributed by atoms with E-state index >= 15 is 0 Å². The molecule has 0 aromatic rings. The van der Waals surface area contributed by atoms with E-state index < -0.39 is 0 Å². The first kappa shape index (κ1) is 14.0. The Morgan fingerprint density at radius 1 is 1.06 bits per heavy atom. The molecule has 0 bridgehead atoms. The number of hydrogen-bond acceptors (Lipinski definition) is 1.